The van der Waals surface area contributed by atoms with Gasteiger partial charge in [-0.3, -0.25) is 4.79 Å². The fourth-order valence-corrected chi connectivity index (χ4v) is 1.72. The van der Waals surface area contributed by atoms with E-state index in [0.717, 1.165) is 12.1 Å². The molecule has 1 aliphatic rings. The zero-order chi connectivity index (χ0) is 10.8. The van der Waals surface area contributed by atoms with E-state index in [1.807, 2.05) is 26.0 Å². The van der Waals surface area contributed by atoms with Gasteiger partial charge in [-0.15, -0.1) is 0 Å². The van der Waals surface area contributed by atoms with Gasteiger partial charge < -0.3 is 0 Å². The van der Waals surface area contributed by atoms with Gasteiger partial charge in [0.2, 0.25) is 0 Å². The molecule has 0 fully saturated rings. The zero-order valence-electron chi connectivity index (χ0n) is 8.84. The molecule has 1 unspecified atom stereocenters. The van der Waals surface area contributed by atoms with E-state index >= 15 is 0 Å². The average molecular weight is 203 g/mol. The molecule has 0 spiro atoms. The molecule has 0 saturated heterocycles. The molecule has 78 valence electrons. The average Bonchev–Trinajstić information content (AvgIpc) is 2.55. The molecule has 0 aliphatic carbocycles. The largest absolute Gasteiger partial charge is 0.272 e. The highest BCUT2D eigenvalue weighted by Crippen LogP contribution is 2.23. The summed E-state index contributed by atoms with van der Waals surface area (Å²) in [7, 11) is 0. The summed E-state index contributed by atoms with van der Waals surface area (Å²) in [5, 5.41) is 5.62. The summed E-state index contributed by atoms with van der Waals surface area (Å²) in [6.07, 6.45) is 2.45. The molecule has 4 heteroatoms. The van der Waals surface area contributed by atoms with Crippen LogP contribution in [0.5, 0.6) is 0 Å². The fraction of sp³-hybridized carbons (Fsp3) is 0.364. The second-order valence-electron chi connectivity index (χ2n) is 3.54. The summed E-state index contributed by atoms with van der Waals surface area (Å²) in [6, 6.07) is 5.45. The SMILES string of the molecule is CCC1C(=O)N(c2ccccn2)N=C1C. The Morgan fingerprint density at radius 1 is 1.47 bits per heavy atom. The predicted molar refractivity (Wildman–Crippen MR) is 58.6 cm³/mol. The number of carbonyl (C=O) groups is 1. The molecule has 0 saturated carbocycles. The monoisotopic (exact) mass is 203 g/mol. The van der Waals surface area contributed by atoms with Crippen LogP contribution in [0.4, 0.5) is 5.82 Å². The van der Waals surface area contributed by atoms with Crippen LogP contribution in [0.2, 0.25) is 0 Å². The molecule has 0 bridgehead atoms. The number of hydrogen-bond acceptors (Lipinski definition) is 3. The maximum absolute atomic E-state index is 11.9. The third-order valence-corrected chi connectivity index (χ3v) is 2.54. The summed E-state index contributed by atoms with van der Waals surface area (Å²) < 4.78 is 0. The van der Waals surface area contributed by atoms with Crippen molar-refractivity contribution in [2.45, 2.75) is 20.3 Å². The first-order chi connectivity index (χ1) is 7.24. The van der Waals surface area contributed by atoms with Crippen molar-refractivity contribution in [3.8, 4) is 0 Å². The van der Waals surface area contributed by atoms with Gasteiger partial charge in [-0.1, -0.05) is 13.0 Å². The molecule has 1 atom stereocenters. The van der Waals surface area contributed by atoms with E-state index in [-0.39, 0.29) is 11.8 Å². The van der Waals surface area contributed by atoms with E-state index in [9.17, 15) is 4.79 Å². The van der Waals surface area contributed by atoms with Gasteiger partial charge >= 0.3 is 0 Å². The van der Waals surface area contributed by atoms with Crippen molar-refractivity contribution >= 4 is 17.4 Å². The van der Waals surface area contributed by atoms with Crippen LogP contribution in [0.3, 0.4) is 0 Å². The standard InChI is InChI=1S/C11H13N3O/c1-3-9-8(2)13-14(11(9)15)10-6-4-5-7-12-10/h4-7,9H,3H2,1-2H3. The van der Waals surface area contributed by atoms with Crippen LogP contribution < -0.4 is 5.01 Å². The normalized spacial score (nSPS) is 20.7. The van der Waals surface area contributed by atoms with Crippen LogP contribution >= 0.6 is 0 Å². The Morgan fingerprint density at radius 2 is 2.27 bits per heavy atom. The van der Waals surface area contributed by atoms with Crippen molar-refractivity contribution in [1.29, 1.82) is 0 Å². The van der Waals surface area contributed by atoms with Gasteiger partial charge in [0, 0.05) is 11.9 Å². The number of carbonyl (C=O) groups excluding carboxylic acids is 1. The fourth-order valence-electron chi connectivity index (χ4n) is 1.72. The third-order valence-electron chi connectivity index (χ3n) is 2.54. The molecule has 2 heterocycles. The van der Waals surface area contributed by atoms with Crippen LogP contribution in [0.25, 0.3) is 0 Å². The molecule has 0 radical (unpaired) electrons. The quantitative estimate of drug-likeness (QED) is 0.736. The Labute approximate surface area is 88.6 Å². The van der Waals surface area contributed by atoms with Crippen molar-refractivity contribution in [2.75, 3.05) is 5.01 Å². The summed E-state index contributed by atoms with van der Waals surface area (Å²) in [6.45, 7) is 3.87. The zero-order valence-corrected chi connectivity index (χ0v) is 8.84. The summed E-state index contributed by atoms with van der Waals surface area (Å²) >= 11 is 0. The summed E-state index contributed by atoms with van der Waals surface area (Å²) in [5.41, 5.74) is 0.869. The number of anilines is 1. The van der Waals surface area contributed by atoms with Gasteiger partial charge in [0.05, 0.1) is 5.92 Å². The topological polar surface area (TPSA) is 45.6 Å². The lowest BCUT2D eigenvalue weighted by Gasteiger charge is -2.11. The third kappa shape index (κ3) is 1.63. The van der Waals surface area contributed by atoms with Crippen LogP contribution in [-0.4, -0.2) is 16.6 Å². The summed E-state index contributed by atoms with van der Waals surface area (Å²) in [4.78, 5) is 16.0. The van der Waals surface area contributed by atoms with Crippen LogP contribution in [0.15, 0.2) is 29.5 Å². The van der Waals surface area contributed by atoms with Gasteiger partial charge in [-0.2, -0.15) is 10.1 Å². The van der Waals surface area contributed by atoms with E-state index in [4.69, 9.17) is 0 Å². The maximum Gasteiger partial charge on any atom is 0.257 e. The van der Waals surface area contributed by atoms with Gasteiger partial charge in [-0.05, 0) is 25.5 Å². The van der Waals surface area contributed by atoms with Crippen molar-refractivity contribution < 1.29 is 4.79 Å². The highest BCUT2D eigenvalue weighted by atomic mass is 16.2. The molecule has 0 N–H and O–H groups in total. The van der Waals surface area contributed by atoms with Gasteiger partial charge in [0.15, 0.2) is 5.82 Å². The minimum atomic E-state index is -0.0768. The molecule has 1 aromatic heterocycles. The number of pyridine rings is 1. The number of hydrogen-bond donors (Lipinski definition) is 0. The molecule has 1 aliphatic heterocycles. The first kappa shape index (κ1) is 9.83. The number of amides is 1. The molecule has 2 rings (SSSR count). The molecular weight excluding hydrogens is 190 g/mol. The van der Waals surface area contributed by atoms with Gasteiger partial charge in [-0.25, -0.2) is 4.98 Å². The number of hydrazone groups is 1. The predicted octanol–water partition coefficient (Wildman–Crippen LogP) is 1.83. The lowest BCUT2D eigenvalue weighted by molar-refractivity contribution is -0.119. The van der Waals surface area contributed by atoms with E-state index in [1.165, 1.54) is 5.01 Å². The van der Waals surface area contributed by atoms with Gasteiger partial charge in [0.1, 0.15) is 0 Å². The molecule has 4 nitrogen and oxygen atoms in total. The first-order valence-corrected chi connectivity index (χ1v) is 5.04. The Bertz CT molecular complexity index is 400. The second kappa shape index (κ2) is 3.81. The minimum Gasteiger partial charge on any atom is -0.272 e. The van der Waals surface area contributed by atoms with E-state index in [1.54, 1.807) is 12.3 Å². The highest BCUT2D eigenvalue weighted by molar-refractivity contribution is 6.14. The lowest BCUT2D eigenvalue weighted by Crippen LogP contribution is -2.27. The van der Waals surface area contributed by atoms with Crippen molar-refractivity contribution in [3.05, 3.63) is 24.4 Å². The summed E-state index contributed by atoms with van der Waals surface area (Å²) in [5.74, 6) is 0.540. The number of rotatable bonds is 2. The smallest absolute Gasteiger partial charge is 0.257 e. The van der Waals surface area contributed by atoms with Crippen molar-refractivity contribution in [2.24, 2.45) is 11.0 Å². The van der Waals surface area contributed by atoms with Gasteiger partial charge in [0.25, 0.3) is 5.91 Å². The molecular formula is C11H13N3O. The Morgan fingerprint density at radius 3 is 2.80 bits per heavy atom. The molecule has 1 amide bonds. The number of aromatic nitrogens is 1. The molecule has 1 aromatic rings. The van der Waals surface area contributed by atoms with Crippen LogP contribution in [-0.2, 0) is 4.79 Å². The first-order valence-electron chi connectivity index (χ1n) is 5.04. The molecule has 15 heavy (non-hydrogen) atoms. The van der Waals surface area contributed by atoms with E-state index < -0.39 is 0 Å². The van der Waals surface area contributed by atoms with E-state index in [0.29, 0.717) is 5.82 Å². The Hall–Kier alpha value is -1.71. The van der Waals surface area contributed by atoms with Crippen LogP contribution in [0, 0.1) is 5.92 Å². The van der Waals surface area contributed by atoms with Crippen molar-refractivity contribution in [3.63, 3.8) is 0 Å². The Balaban J connectivity index is 2.31. The van der Waals surface area contributed by atoms with Crippen molar-refractivity contribution in [1.82, 2.24) is 4.98 Å². The second-order valence-corrected chi connectivity index (χ2v) is 3.54. The minimum absolute atomic E-state index is 0.0219. The lowest BCUT2D eigenvalue weighted by atomic mass is 10.0. The van der Waals surface area contributed by atoms with E-state index in [2.05, 4.69) is 10.1 Å². The maximum atomic E-state index is 11.9. The Kier molecular flexibility index (Phi) is 2.49. The number of nitrogens with zero attached hydrogens (tertiary/aromatic N) is 3. The molecule has 0 aromatic carbocycles. The highest BCUT2D eigenvalue weighted by Gasteiger charge is 2.33. The van der Waals surface area contributed by atoms with Crippen LogP contribution in [0.1, 0.15) is 20.3 Å².